The maximum absolute atomic E-state index is 10.9. The predicted octanol–water partition coefficient (Wildman–Crippen LogP) is -0.236. The maximum atomic E-state index is 10.9. The molecule has 4 heteroatoms. The number of nitrogens with one attached hydrogen (secondary N) is 2. The molecule has 60 valence electrons. The lowest BCUT2D eigenvalue weighted by atomic mass is 10.0. The number of carbonyl (C=O) groups is 1. The number of carbonyl (C=O) groups excluding carboxylic acids is 1. The van der Waals surface area contributed by atoms with Gasteiger partial charge in [-0.25, -0.2) is 0 Å². The molecule has 1 heterocycles. The molecule has 0 aromatic carbocycles. The van der Waals surface area contributed by atoms with Gasteiger partial charge in [-0.15, -0.1) is 12.4 Å². The van der Waals surface area contributed by atoms with Gasteiger partial charge in [0.15, 0.2) is 0 Å². The first-order valence-electron chi connectivity index (χ1n) is 3.33. The van der Waals surface area contributed by atoms with Crippen molar-refractivity contribution in [2.45, 2.75) is 6.92 Å². The van der Waals surface area contributed by atoms with Crippen LogP contribution in [0.5, 0.6) is 0 Å². The summed E-state index contributed by atoms with van der Waals surface area (Å²) in [6.07, 6.45) is 0. The first-order valence-corrected chi connectivity index (χ1v) is 3.33. The van der Waals surface area contributed by atoms with Crippen LogP contribution in [0.25, 0.3) is 0 Å². The summed E-state index contributed by atoms with van der Waals surface area (Å²) in [4.78, 5) is 10.9. The van der Waals surface area contributed by atoms with E-state index in [9.17, 15) is 4.79 Å². The van der Waals surface area contributed by atoms with Gasteiger partial charge in [-0.05, 0) is 6.92 Å². The largest absolute Gasteiger partial charge is 0.356 e. The van der Waals surface area contributed by atoms with E-state index in [0.717, 1.165) is 19.6 Å². The summed E-state index contributed by atoms with van der Waals surface area (Å²) in [5.41, 5.74) is 0. The third-order valence-electron chi connectivity index (χ3n) is 1.50. The first-order chi connectivity index (χ1) is 4.34. The Morgan fingerprint density at radius 3 is 2.60 bits per heavy atom. The van der Waals surface area contributed by atoms with Crippen LogP contribution in [0.2, 0.25) is 0 Å². The SMILES string of the molecule is CCNC(=O)C1CNC1.Cl. The predicted molar refractivity (Wildman–Crippen MR) is 42.3 cm³/mol. The van der Waals surface area contributed by atoms with Gasteiger partial charge in [0.1, 0.15) is 0 Å². The summed E-state index contributed by atoms with van der Waals surface area (Å²) < 4.78 is 0. The van der Waals surface area contributed by atoms with Crippen molar-refractivity contribution in [2.75, 3.05) is 19.6 Å². The molecule has 0 aromatic rings. The first kappa shape index (κ1) is 9.72. The zero-order valence-electron chi connectivity index (χ0n) is 6.02. The van der Waals surface area contributed by atoms with E-state index >= 15 is 0 Å². The summed E-state index contributed by atoms with van der Waals surface area (Å²) in [6.45, 7) is 4.39. The van der Waals surface area contributed by atoms with Crippen LogP contribution in [0.3, 0.4) is 0 Å². The van der Waals surface area contributed by atoms with Crippen LogP contribution in [0.1, 0.15) is 6.92 Å². The Kier molecular flexibility index (Phi) is 4.40. The minimum atomic E-state index is 0. The number of halogens is 1. The highest BCUT2D eigenvalue weighted by molar-refractivity contribution is 5.85. The fourth-order valence-corrected chi connectivity index (χ4v) is 0.793. The molecule has 0 spiro atoms. The molecule has 1 amide bonds. The van der Waals surface area contributed by atoms with Crippen molar-refractivity contribution in [1.29, 1.82) is 0 Å². The maximum Gasteiger partial charge on any atom is 0.225 e. The molecule has 1 saturated heterocycles. The average molecular weight is 165 g/mol. The zero-order valence-corrected chi connectivity index (χ0v) is 6.83. The second kappa shape index (κ2) is 4.52. The van der Waals surface area contributed by atoms with E-state index in [1.807, 2.05) is 6.92 Å². The van der Waals surface area contributed by atoms with Crippen molar-refractivity contribution >= 4 is 18.3 Å². The van der Waals surface area contributed by atoms with E-state index in [0.29, 0.717) is 0 Å². The van der Waals surface area contributed by atoms with Crippen LogP contribution in [0, 0.1) is 5.92 Å². The summed E-state index contributed by atoms with van der Waals surface area (Å²) in [7, 11) is 0. The fraction of sp³-hybridized carbons (Fsp3) is 0.833. The zero-order chi connectivity index (χ0) is 6.69. The number of hydrogen-bond acceptors (Lipinski definition) is 2. The van der Waals surface area contributed by atoms with E-state index in [1.54, 1.807) is 0 Å². The number of rotatable bonds is 2. The fourth-order valence-electron chi connectivity index (χ4n) is 0.793. The third-order valence-corrected chi connectivity index (χ3v) is 1.50. The molecule has 0 radical (unpaired) electrons. The van der Waals surface area contributed by atoms with Crippen LogP contribution < -0.4 is 10.6 Å². The Balaban J connectivity index is 0.000000810. The van der Waals surface area contributed by atoms with Gasteiger partial charge in [0, 0.05) is 19.6 Å². The van der Waals surface area contributed by atoms with Crippen molar-refractivity contribution in [2.24, 2.45) is 5.92 Å². The summed E-state index contributed by atoms with van der Waals surface area (Å²) in [5.74, 6) is 0.432. The molecule has 1 fully saturated rings. The van der Waals surface area contributed by atoms with Crippen molar-refractivity contribution < 1.29 is 4.79 Å². The highest BCUT2D eigenvalue weighted by atomic mass is 35.5. The van der Waals surface area contributed by atoms with Crippen LogP contribution in [0.4, 0.5) is 0 Å². The van der Waals surface area contributed by atoms with Crippen LogP contribution in [-0.2, 0) is 4.79 Å². The quantitative estimate of drug-likeness (QED) is 0.592. The molecule has 0 unspecified atom stereocenters. The van der Waals surface area contributed by atoms with Crippen molar-refractivity contribution in [3.63, 3.8) is 0 Å². The lowest BCUT2D eigenvalue weighted by Gasteiger charge is -2.25. The van der Waals surface area contributed by atoms with E-state index in [4.69, 9.17) is 0 Å². The normalized spacial score (nSPS) is 16.9. The van der Waals surface area contributed by atoms with Crippen LogP contribution in [0.15, 0.2) is 0 Å². The molecule has 1 rings (SSSR count). The van der Waals surface area contributed by atoms with E-state index in [1.165, 1.54) is 0 Å². The highest BCUT2D eigenvalue weighted by Crippen LogP contribution is 2.00. The molecular formula is C6H13ClN2O. The molecule has 2 N–H and O–H groups in total. The number of amides is 1. The summed E-state index contributed by atoms with van der Waals surface area (Å²) >= 11 is 0. The molecule has 10 heavy (non-hydrogen) atoms. The second-order valence-electron chi connectivity index (χ2n) is 2.25. The van der Waals surface area contributed by atoms with E-state index in [-0.39, 0.29) is 24.2 Å². The molecule has 0 aromatic heterocycles. The Morgan fingerprint density at radius 2 is 2.30 bits per heavy atom. The molecule has 1 aliphatic rings. The molecule has 1 aliphatic heterocycles. The van der Waals surface area contributed by atoms with E-state index in [2.05, 4.69) is 10.6 Å². The monoisotopic (exact) mass is 164 g/mol. The number of hydrogen-bond donors (Lipinski definition) is 2. The topological polar surface area (TPSA) is 41.1 Å². The van der Waals surface area contributed by atoms with Gasteiger partial charge in [0.25, 0.3) is 0 Å². The van der Waals surface area contributed by atoms with Crippen LogP contribution in [-0.4, -0.2) is 25.5 Å². The Bertz CT molecular complexity index is 114. The van der Waals surface area contributed by atoms with Gasteiger partial charge >= 0.3 is 0 Å². The molecule has 0 aliphatic carbocycles. The minimum Gasteiger partial charge on any atom is -0.356 e. The van der Waals surface area contributed by atoms with Crippen LogP contribution >= 0.6 is 12.4 Å². The van der Waals surface area contributed by atoms with E-state index < -0.39 is 0 Å². The third kappa shape index (κ3) is 2.15. The van der Waals surface area contributed by atoms with Gasteiger partial charge in [-0.3, -0.25) is 4.79 Å². The van der Waals surface area contributed by atoms with Gasteiger partial charge in [0.05, 0.1) is 5.92 Å². The summed E-state index contributed by atoms with van der Waals surface area (Å²) in [6, 6.07) is 0. The molecule has 0 bridgehead atoms. The molecule has 3 nitrogen and oxygen atoms in total. The lowest BCUT2D eigenvalue weighted by Crippen LogP contribution is -2.50. The van der Waals surface area contributed by atoms with Crippen molar-refractivity contribution in [3.8, 4) is 0 Å². The highest BCUT2D eigenvalue weighted by Gasteiger charge is 2.23. The van der Waals surface area contributed by atoms with Crippen molar-refractivity contribution in [1.82, 2.24) is 10.6 Å². The summed E-state index contributed by atoms with van der Waals surface area (Å²) in [5, 5.41) is 5.81. The molecule has 0 atom stereocenters. The van der Waals surface area contributed by atoms with Gasteiger partial charge < -0.3 is 10.6 Å². The van der Waals surface area contributed by atoms with Crippen molar-refractivity contribution in [3.05, 3.63) is 0 Å². The van der Waals surface area contributed by atoms with Gasteiger partial charge in [-0.1, -0.05) is 0 Å². The smallest absolute Gasteiger partial charge is 0.225 e. The van der Waals surface area contributed by atoms with Gasteiger partial charge in [-0.2, -0.15) is 0 Å². The molecular weight excluding hydrogens is 152 g/mol. The Morgan fingerprint density at radius 1 is 1.70 bits per heavy atom. The lowest BCUT2D eigenvalue weighted by molar-refractivity contribution is -0.126. The Hall–Kier alpha value is -0.280. The standard InChI is InChI=1S/C6H12N2O.ClH/c1-2-8-6(9)5-3-7-4-5;/h5,7H,2-4H2,1H3,(H,8,9);1H. The second-order valence-corrected chi connectivity index (χ2v) is 2.25. The van der Waals surface area contributed by atoms with Gasteiger partial charge in [0.2, 0.25) is 5.91 Å². The minimum absolute atomic E-state index is 0. The molecule has 0 saturated carbocycles. The Labute approximate surface area is 67.0 Å². The average Bonchev–Trinajstić information content (AvgIpc) is 1.60.